The molecule has 8 heteroatoms. The number of halogens is 2. The summed E-state index contributed by atoms with van der Waals surface area (Å²) in [6.45, 7) is 3.93. The van der Waals surface area contributed by atoms with Gasteiger partial charge in [-0.3, -0.25) is 20.4 Å². The van der Waals surface area contributed by atoms with Crippen molar-refractivity contribution in [3.63, 3.8) is 0 Å². The lowest BCUT2D eigenvalue weighted by Crippen LogP contribution is -2.42. The lowest BCUT2D eigenvalue weighted by Gasteiger charge is -2.06. The molecule has 2 amide bonds. The number of thioether (sulfide) groups is 1. The monoisotopic (exact) mass is 370 g/mol. The summed E-state index contributed by atoms with van der Waals surface area (Å²) in [4.78, 5) is 25.4. The van der Waals surface area contributed by atoms with E-state index >= 15 is 0 Å². The maximum absolute atomic E-state index is 13.4. The van der Waals surface area contributed by atoms with E-state index in [0.717, 1.165) is 46.8 Å². The number of aryl methyl sites for hydroxylation is 2. The summed E-state index contributed by atoms with van der Waals surface area (Å²) in [5.41, 5.74) is 5.62. The zero-order valence-corrected chi connectivity index (χ0v) is 14.7. The summed E-state index contributed by atoms with van der Waals surface area (Å²) in [5.74, 6) is -2.24. The van der Waals surface area contributed by atoms with Crippen LogP contribution < -0.4 is 10.9 Å². The van der Waals surface area contributed by atoms with E-state index < -0.39 is 23.4 Å². The van der Waals surface area contributed by atoms with Crippen molar-refractivity contribution in [3.05, 3.63) is 51.2 Å². The molecule has 0 saturated carbocycles. The number of thiophene rings is 1. The smallest absolute Gasteiger partial charge is 0.272 e. The van der Waals surface area contributed by atoms with Crippen LogP contribution in [0.15, 0.2) is 29.2 Å². The quantitative estimate of drug-likeness (QED) is 0.626. The molecule has 0 aliphatic carbocycles. The molecule has 1 aromatic heterocycles. The Hall–Kier alpha value is -1.93. The first-order valence-corrected chi connectivity index (χ1v) is 8.97. The van der Waals surface area contributed by atoms with Crippen molar-refractivity contribution < 1.29 is 18.4 Å². The number of carbonyl (C=O) groups excluding carboxylic acids is 2. The van der Waals surface area contributed by atoms with E-state index in [9.17, 15) is 18.4 Å². The van der Waals surface area contributed by atoms with Crippen molar-refractivity contribution >= 4 is 34.9 Å². The van der Waals surface area contributed by atoms with Crippen LogP contribution in [0.4, 0.5) is 8.78 Å². The molecule has 0 unspecified atom stereocenters. The number of hydrogen-bond acceptors (Lipinski definition) is 4. The van der Waals surface area contributed by atoms with E-state index in [-0.39, 0.29) is 10.6 Å². The topological polar surface area (TPSA) is 58.2 Å². The van der Waals surface area contributed by atoms with E-state index in [1.54, 1.807) is 6.07 Å². The minimum Gasteiger partial charge on any atom is -0.272 e. The highest BCUT2D eigenvalue weighted by Crippen LogP contribution is 2.23. The van der Waals surface area contributed by atoms with E-state index in [2.05, 4.69) is 10.9 Å². The van der Waals surface area contributed by atoms with Crippen LogP contribution in [-0.2, 0) is 11.2 Å². The number of amides is 2. The van der Waals surface area contributed by atoms with Gasteiger partial charge in [-0.05, 0) is 43.2 Å². The molecule has 1 heterocycles. The largest absolute Gasteiger partial charge is 0.279 e. The summed E-state index contributed by atoms with van der Waals surface area (Å²) in [6.07, 6.45) is 0.839. The van der Waals surface area contributed by atoms with Gasteiger partial charge in [-0.15, -0.1) is 23.1 Å². The van der Waals surface area contributed by atoms with Crippen LogP contribution in [0.25, 0.3) is 0 Å². The molecule has 0 fully saturated rings. The van der Waals surface area contributed by atoms with Crippen molar-refractivity contribution in [3.8, 4) is 0 Å². The highest BCUT2D eigenvalue weighted by Gasteiger charge is 2.13. The number of carbonyl (C=O) groups is 2. The van der Waals surface area contributed by atoms with E-state index in [0.29, 0.717) is 4.88 Å². The van der Waals surface area contributed by atoms with Crippen molar-refractivity contribution in [2.24, 2.45) is 0 Å². The molecule has 128 valence electrons. The second kappa shape index (κ2) is 8.25. The molecule has 0 aliphatic rings. The van der Waals surface area contributed by atoms with Crippen LogP contribution in [-0.4, -0.2) is 17.6 Å². The second-order valence-corrected chi connectivity index (χ2v) is 7.09. The van der Waals surface area contributed by atoms with Crippen LogP contribution in [0.1, 0.15) is 27.0 Å². The highest BCUT2D eigenvalue weighted by molar-refractivity contribution is 8.00. The van der Waals surface area contributed by atoms with Crippen molar-refractivity contribution in [1.29, 1.82) is 0 Å². The Morgan fingerprint density at radius 1 is 1.21 bits per heavy atom. The number of nitrogens with one attached hydrogen (secondary N) is 2. The van der Waals surface area contributed by atoms with Gasteiger partial charge in [0.05, 0.1) is 10.6 Å². The summed E-state index contributed by atoms with van der Waals surface area (Å²) < 4.78 is 26.5. The Bertz CT molecular complexity index is 763. The van der Waals surface area contributed by atoms with Crippen LogP contribution >= 0.6 is 23.1 Å². The third kappa shape index (κ3) is 4.78. The van der Waals surface area contributed by atoms with Gasteiger partial charge in [-0.25, -0.2) is 8.78 Å². The summed E-state index contributed by atoms with van der Waals surface area (Å²) in [7, 11) is 0. The molecule has 2 aromatic rings. The first kappa shape index (κ1) is 18.4. The molecule has 0 radical (unpaired) electrons. The van der Waals surface area contributed by atoms with E-state index in [1.165, 1.54) is 11.3 Å². The molecular weight excluding hydrogens is 354 g/mol. The van der Waals surface area contributed by atoms with Gasteiger partial charge in [0.15, 0.2) is 0 Å². The van der Waals surface area contributed by atoms with E-state index in [1.807, 2.05) is 13.8 Å². The zero-order chi connectivity index (χ0) is 17.7. The number of hydrazine groups is 1. The Balaban J connectivity index is 1.84. The standard InChI is InChI=1S/C16H16F2N2O2S2/c1-3-12-9(2)6-14(24-12)16(22)20-19-15(21)8-23-13-7-10(17)4-5-11(13)18/h4-7H,3,8H2,1-2H3,(H,19,21)(H,20,22). The average Bonchev–Trinajstić information content (AvgIpc) is 2.94. The van der Waals surface area contributed by atoms with Gasteiger partial charge in [0.25, 0.3) is 5.91 Å². The predicted molar refractivity (Wildman–Crippen MR) is 91.1 cm³/mol. The maximum atomic E-state index is 13.4. The Morgan fingerprint density at radius 3 is 2.62 bits per heavy atom. The Morgan fingerprint density at radius 2 is 1.96 bits per heavy atom. The number of benzene rings is 1. The van der Waals surface area contributed by atoms with Gasteiger partial charge in [-0.1, -0.05) is 6.92 Å². The molecule has 0 atom stereocenters. The first-order valence-electron chi connectivity index (χ1n) is 7.17. The van der Waals surface area contributed by atoms with E-state index in [4.69, 9.17) is 0 Å². The highest BCUT2D eigenvalue weighted by atomic mass is 32.2. The normalized spacial score (nSPS) is 10.5. The lowest BCUT2D eigenvalue weighted by atomic mass is 10.2. The Kier molecular flexibility index (Phi) is 6.33. The third-order valence-electron chi connectivity index (χ3n) is 3.13. The molecular formula is C16H16F2N2O2S2. The summed E-state index contributed by atoms with van der Waals surface area (Å²) >= 11 is 2.22. The molecule has 0 saturated heterocycles. The fourth-order valence-electron chi connectivity index (χ4n) is 1.94. The first-order chi connectivity index (χ1) is 11.4. The van der Waals surface area contributed by atoms with Gasteiger partial charge < -0.3 is 0 Å². The van der Waals surface area contributed by atoms with Gasteiger partial charge in [-0.2, -0.15) is 0 Å². The fraction of sp³-hybridized carbons (Fsp3) is 0.250. The second-order valence-electron chi connectivity index (χ2n) is 4.94. The minimum atomic E-state index is -0.598. The molecule has 2 N–H and O–H groups in total. The van der Waals surface area contributed by atoms with Crippen LogP contribution in [0.3, 0.4) is 0 Å². The van der Waals surface area contributed by atoms with Gasteiger partial charge in [0.2, 0.25) is 5.91 Å². The summed E-state index contributed by atoms with van der Waals surface area (Å²) in [6, 6.07) is 4.80. The molecule has 1 aromatic carbocycles. The molecule has 24 heavy (non-hydrogen) atoms. The lowest BCUT2D eigenvalue weighted by molar-refractivity contribution is -0.119. The zero-order valence-electron chi connectivity index (χ0n) is 13.1. The number of rotatable bonds is 5. The van der Waals surface area contributed by atoms with Crippen LogP contribution in [0, 0.1) is 18.6 Å². The van der Waals surface area contributed by atoms with Crippen molar-refractivity contribution in [2.75, 3.05) is 5.75 Å². The minimum absolute atomic E-state index is 0.0398. The van der Waals surface area contributed by atoms with Crippen LogP contribution in [0.5, 0.6) is 0 Å². The molecule has 0 spiro atoms. The maximum Gasteiger partial charge on any atom is 0.279 e. The predicted octanol–water partition coefficient (Wildman–Crippen LogP) is 3.45. The SMILES string of the molecule is CCc1sc(C(=O)NNC(=O)CSc2cc(F)ccc2F)cc1C. The van der Waals surface area contributed by atoms with Crippen molar-refractivity contribution in [2.45, 2.75) is 25.2 Å². The average molecular weight is 370 g/mol. The number of hydrogen-bond donors (Lipinski definition) is 2. The van der Waals surface area contributed by atoms with Gasteiger partial charge >= 0.3 is 0 Å². The molecule has 4 nitrogen and oxygen atoms in total. The summed E-state index contributed by atoms with van der Waals surface area (Å²) in [5, 5.41) is 0. The Labute approximate surface area is 146 Å². The molecule has 2 rings (SSSR count). The molecule has 0 aliphatic heterocycles. The van der Waals surface area contributed by atoms with Crippen molar-refractivity contribution in [1.82, 2.24) is 10.9 Å². The fourth-order valence-corrected chi connectivity index (χ4v) is 3.71. The molecule has 0 bridgehead atoms. The van der Waals surface area contributed by atoms with Gasteiger partial charge in [0, 0.05) is 9.77 Å². The van der Waals surface area contributed by atoms with Gasteiger partial charge in [0.1, 0.15) is 11.6 Å². The van der Waals surface area contributed by atoms with Crippen LogP contribution in [0.2, 0.25) is 0 Å². The third-order valence-corrected chi connectivity index (χ3v) is 5.54.